The summed E-state index contributed by atoms with van der Waals surface area (Å²) in [6, 6.07) is 5.42. The summed E-state index contributed by atoms with van der Waals surface area (Å²) in [4.78, 5) is 11.6. The van der Waals surface area contributed by atoms with Gasteiger partial charge in [0.05, 0.1) is 11.3 Å². The van der Waals surface area contributed by atoms with Gasteiger partial charge in [0.15, 0.2) is 0 Å². The summed E-state index contributed by atoms with van der Waals surface area (Å²) in [5.41, 5.74) is -1.03. The molecule has 0 unspecified atom stereocenters. The highest BCUT2D eigenvalue weighted by atomic mass is 19.4. The van der Waals surface area contributed by atoms with Gasteiger partial charge in [0, 0.05) is 11.8 Å². The molecule has 0 spiro atoms. The summed E-state index contributed by atoms with van der Waals surface area (Å²) in [7, 11) is 0. The van der Waals surface area contributed by atoms with Crippen LogP contribution in [0.5, 0.6) is 0 Å². The Kier molecular flexibility index (Phi) is 4.30. The molecule has 3 nitrogen and oxygen atoms in total. The first-order valence-corrected chi connectivity index (χ1v) is 5.96. The summed E-state index contributed by atoms with van der Waals surface area (Å²) < 4.78 is 63.2. The minimum absolute atomic E-state index is 0.0908. The summed E-state index contributed by atoms with van der Waals surface area (Å²) in [5.74, 6) is -1.77. The molecule has 22 heavy (non-hydrogen) atoms. The van der Waals surface area contributed by atoms with Crippen LogP contribution in [0.3, 0.4) is 0 Å². The van der Waals surface area contributed by atoms with Crippen LogP contribution in [0.4, 0.5) is 38.1 Å². The zero-order chi connectivity index (χ0) is 16.3. The number of carbonyl (C=O) groups is 1. The number of nitrogens with one attached hydrogen (secondary N) is 2. The lowest BCUT2D eigenvalue weighted by atomic mass is 10.2. The zero-order valence-electron chi connectivity index (χ0n) is 10.8. The van der Waals surface area contributed by atoms with Crippen LogP contribution >= 0.6 is 0 Å². The number of carbonyl (C=O) groups excluding carboxylic acids is 1. The normalized spacial score (nSPS) is 11.1. The molecule has 0 aliphatic carbocycles. The van der Waals surface area contributed by atoms with Crippen molar-refractivity contribution in [2.75, 3.05) is 10.6 Å². The smallest absolute Gasteiger partial charge is 0.308 e. The fourth-order valence-corrected chi connectivity index (χ4v) is 1.62. The molecule has 2 N–H and O–H groups in total. The topological polar surface area (TPSA) is 41.1 Å². The van der Waals surface area contributed by atoms with Gasteiger partial charge in [-0.25, -0.2) is 13.6 Å². The zero-order valence-corrected chi connectivity index (χ0v) is 10.8. The van der Waals surface area contributed by atoms with E-state index >= 15 is 0 Å². The number of hydrogen-bond donors (Lipinski definition) is 2. The molecule has 0 aliphatic rings. The van der Waals surface area contributed by atoms with E-state index < -0.39 is 29.4 Å². The Balaban J connectivity index is 2.03. The summed E-state index contributed by atoms with van der Waals surface area (Å²) in [5, 5.41) is 4.35. The number of benzene rings is 2. The molecule has 2 aromatic rings. The van der Waals surface area contributed by atoms with Crippen molar-refractivity contribution in [1.29, 1.82) is 0 Å². The van der Waals surface area contributed by atoms with Gasteiger partial charge in [-0.2, -0.15) is 13.2 Å². The average molecular weight is 316 g/mol. The van der Waals surface area contributed by atoms with E-state index in [4.69, 9.17) is 0 Å². The van der Waals surface area contributed by atoms with Crippen LogP contribution in [0, 0.1) is 11.6 Å². The summed E-state index contributed by atoms with van der Waals surface area (Å²) >= 11 is 0. The lowest BCUT2D eigenvalue weighted by Crippen LogP contribution is -2.20. The Hall–Kier alpha value is -2.64. The molecule has 0 fully saturated rings. The van der Waals surface area contributed by atoms with E-state index in [1.165, 1.54) is 0 Å². The number of alkyl halides is 3. The van der Waals surface area contributed by atoms with E-state index in [-0.39, 0.29) is 11.4 Å². The average Bonchev–Trinajstić information content (AvgIpc) is 2.41. The largest absolute Gasteiger partial charge is 0.416 e. The van der Waals surface area contributed by atoms with Crippen molar-refractivity contribution in [2.24, 2.45) is 0 Å². The number of rotatable bonds is 2. The van der Waals surface area contributed by atoms with E-state index in [0.29, 0.717) is 6.07 Å². The van der Waals surface area contributed by atoms with E-state index in [1.54, 1.807) is 0 Å². The van der Waals surface area contributed by atoms with Crippen molar-refractivity contribution in [3.05, 3.63) is 59.7 Å². The van der Waals surface area contributed by atoms with Crippen LogP contribution in [-0.4, -0.2) is 6.03 Å². The Morgan fingerprint density at radius 2 is 1.55 bits per heavy atom. The van der Waals surface area contributed by atoms with Crippen LogP contribution in [0.15, 0.2) is 42.5 Å². The molecule has 116 valence electrons. The molecule has 0 heterocycles. The number of anilines is 2. The number of urea groups is 1. The molecular formula is C14H9F5N2O. The maximum Gasteiger partial charge on any atom is 0.416 e. The molecule has 2 amide bonds. The first-order chi connectivity index (χ1) is 10.3. The maximum absolute atomic E-state index is 13.3. The molecule has 0 atom stereocenters. The number of halogens is 5. The van der Waals surface area contributed by atoms with Crippen LogP contribution in [0.25, 0.3) is 0 Å². The maximum atomic E-state index is 13.3. The first-order valence-electron chi connectivity index (χ1n) is 5.96. The van der Waals surface area contributed by atoms with Crippen LogP contribution in [-0.2, 0) is 6.18 Å². The van der Waals surface area contributed by atoms with Crippen LogP contribution < -0.4 is 10.6 Å². The molecule has 0 aromatic heterocycles. The standard InChI is InChI=1S/C14H9F5N2O/c15-9-3-6-12(11(16)7-9)21-13(22)20-10-4-1-8(2-5-10)14(17,18)19/h1-7H,(H2,20,21,22). The van der Waals surface area contributed by atoms with Gasteiger partial charge in [0.1, 0.15) is 11.6 Å². The van der Waals surface area contributed by atoms with Gasteiger partial charge in [0.25, 0.3) is 0 Å². The highest BCUT2D eigenvalue weighted by Gasteiger charge is 2.29. The summed E-state index contributed by atoms with van der Waals surface area (Å²) in [6.07, 6.45) is -4.47. The second-order valence-electron chi connectivity index (χ2n) is 4.28. The minimum atomic E-state index is -4.47. The third-order valence-electron chi connectivity index (χ3n) is 2.65. The van der Waals surface area contributed by atoms with E-state index in [0.717, 1.165) is 36.4 Å². The Labute approximate surface area is 121 Å². The van der Waals surface area contributed by atoms with Gasteiger partial charge >= 0.3 is 12.2 Å². The highest BCUT2D eigenvalue weighted by molar-refractivity contribution is 5.99. The van der Waals surface area contributed by atoms with E-state index in [2.05, 4.69) is 10.6 Å². The van der Waals surface area contributed by atoms with Crippen molar-refractivity contribution in [3.8, 4) is 0 Å². The van der Waals surface area contributed by atoms with Gasteiger partial charge in [-0.05, 0) is 36.4 Å². The van der Waals surface area contributed by atoms with Crippen molar-refractivity contribution in [3.63, 3.8) is 0 Å². The van der Waals surface area contributed by atoms with Gasteiger partial charge in [-0.1, -0.05) is 0 Å². The lowest BCUT2D eigenvalue weighted by molar-refractivity contribution is -0.137. The Bertz CT molecular complexity index is 683. The fourth-order valence-electron chi connectivity index (χ4n) is 1.62. The highest BCUT2D eigenvalue weighted by Crippen LogP contribution is 2.29. The molecule has 0 aliphatic heterocycles. The second kappa shape index (κ2) is 6.00. The Morgan fingerprint density at radius 1 is 0.909 bits per heavy atom. The SMILES string of the molecule is O=C(Nc1ccc(C(F)(F)F)cc1)Nc1ccc(F)cc1F. The molecule has 0 radical (unpaired) electrons. The molecule has 0 saturated carbocycles. The van der Waals surface area contributed by atoms with Crippen LogP contribution in [0.1, 0.15) is 5.56 Å². The third-order valence-corrected chi connectivity index (χ3v) is 2.65. The van der Waals surface area contributed by atoms with Crippen molar-refractivity contribution in [1.82, 2.24) is 0 Å². The predicted octanol–water partition coefficient (Wildman–Crippen LogP) is 4.63. The monoisotopic (exact) mass is 316 g/mol. The van der Waals surface area contributed by atoms with Crippen molar-refractivity contribution in [2.45, 2.75) is 6.18 Å². The Morgan fingerprint density at radius 3 is 2.09 bits per heavy atom. The molecule has 0 saturated heterocycles. The van der Waals surface area contributed by atoms with Gasteiger partial charge in [-0.3, -0.25) is 0 Å². The predicted molar refractivity (Wildman–Crippen MR) is 70.4 cm³/mol. The third kappa shape index (κ3) is 3.94. The van der Waals surface area contributed by atoms with Crippen LogP contribution in [0.2, 0.25) is 0 Å². The van der Waals surface area contributed by atoms with Crippen molar-refractivity contribution < 1.29 is 26.7 Å². The molecule has 2 aromatic carbocycles. The molecule has 8 heteroatoms. The summed E-state index contributed by atoms with van der Waals surface area (Å²) in [6.45, 7) is 0. The second-order valence-corrected chi connectivity index (χ2v) is 4.28. The van der Waals surface area contributed by atoms with Crippen molar-refractivity contribution >= 4 is 17.4 Å². The minimum Gasteiger partial charge on any atom is -0.308 e. The number of hydrogen-bond acceptors (Lipinski definition) is 1. The van der Waals surface area contributed by atoms with Gasteiger partial charge < -0.3 is 10.6 Å². The van der Waals surface area contributed by atoms with Gasteiger partial charge in [-0.15, -0.1) is 0 Å². The molecule has 0 bridgehead atoms. The molecule has 2 rings (SSSR count). The first kappa shape index (κ1) is 15.7. The quantitative estimate of drug-likeness (QED) is 0.779. The number of amides is 2. The lowest BCUT2D eigenvalue weighted by Gasteiger charge is -2.10. The van der Waals surface area contributed by atoms with Gasteiger partial charge in [0.2, 0.25) is 0 Å². The van der Waals surface area contributed by atoms with E-state index in [1.807, 2.05) is 0 Å². The van der Waals surface area contributed by atoms with E-state index in [9.17, 15) is 26.7 Å². The fraction of sp³-hybridized carbons (Fsp3) is 0.0714. The molecular weight excluding hydrogens is 307 g/mol.